The second kappa shape index (κ2) is 8.20. The fourth-order valence-corrected chi connectivity index (χ4v) is 2.26. The van der Waals surface area contributed by atoms with Gasteiger partial charge in [-0.2, -0.15) is 0 Å². The van der Waals surface area contributed by atoms with E-state index in [1.165, 1.54) is 0 Å². The molecule has 0 aliphatic rings. The maximum atomic E-state index is 5.42. The predicted molar refractivity (Wildman–Crippen MR) is 97.7 cm³/mol. The van der Waals surface area contributed by atoms with Crippen LogP contribution in [-0.4, -0.2) is 11.6 Å². The number of ether oxygens (including phenoxy) is 1. The van der Waals surface area contributed by atoms with Crippen molar-refractivity contribution in [3.63, 3.8) is 0 Å². The Bertz CT molecular complexity index is 636. The number of hydrogen-bond acceptors (Lipinski definition) is 3. The molecule has 0 bridgehead atoms. The minimum Gasteiger partial charge on any atom is -0.494 e. The standard InChI is InChI=1S/C18H20N2OS/c1-3-21-17-11-9-16(10-12-17)19-14(2)13-18(22)20-15-7-5-4-6-8-15/h4-13,19H,3H2,1-2H3,(H,20,22). The van der Waals surface area contributed by atoms with Gasteiger partial charge in [0.1, 0.15) is 10.7 Å². The fourth-order valence-electron chi connectivity index (χ4n) is 1.96. The first-order valence-electron chi connectivity index (χ1n) is 7.21. The first-order valence-corrected chi connectivity index (χ1v) is 7.62. The predicted octanol–water partition coefficient (Wildman–Crippen LogP) is 4.84. The lowest BCUT2D eigenvalue weighted by molar-refractivity contribution is 0.340. The second-order valence-corrected chi connectivity index (χ2v) is 5.20. The lowest BCUT2D eigenvalue weighted by Gasteiger charge is -2.09. The number of thiocarbonyl (C=S) groups is 1. The molecule has 0 aromatic heterocycles. The molecule has 22 heavy (non-hydrogen) atoms. The molecule has 0 saturated carbocycles. The van der Waals surface area contributed by atoms with E-state index in [4.69, 9.17) is 17.0 Å². The summed E-state index contributed by atoms with van der Waals surface area (Å²) >= 11 is 5.34. The number of anilines is 2. The lowest BCUT2D eigenvalue weighted by Crippen LogP contribution is -2.08. The molecule has 0 atom stereocenters. The van der Waals surface area contributed by atoms with E-state index in [0.717, 1.165) is 22.8 Å². The molecule has 2 aromatic carbocycles. The van der Waals surface area contributed by atoms with E-state index in [-0.39, 0.29) is 0 Å². The molecule has 4 heteroatoms. The summed E-state index contributed by atoms with van der Waals surface area (Å²) in [5.74, 6) is 0.871. The lowest BCUT2D eigenvalue weighted by atomic mass is 10.3. The summed E-state index contributed by atoms with van der Waals surface area (Å²) in [4.78, 5) is 0.669. The summed E-state index contributed by atoms with van der Waals surface area (Å²) in [5, 5.41) is 6.49. The summed E-state index contributed by atoms with van der Waals surface area (Å²) in [6, 6.07) is 17.7. The smallest absolute Gasteiger partial charge is 0.119 e. The van der Waals surface area contributed by atoms with Gasteiger partial charge in [0.2, 0.25) is 0 Å². The van der Waals surface area contributed by atoms with E-state index >= 15 is 0 Å². The molecule has 0 heterocycles. The summed E-state index contributed by atoms with van der Waals surface area (Å²) in [6.07, 6.45) is 1.90. The van der Waals surface area contributed by atoms with Gasteiger partial charge in [-0.1, -0.05) is 30.4 Å². The molecule has 2 N–H and O–H groups in total. The maximum absolute atomic E-state index is 5.42. The third-order valence-electron chi connectivity index (χ3n) is 2.90. The van der Waals surface area contributed by atoms with Crippen molar-refractivity contribution in [1.82, 2.24) is 0 Å². The van der Waals surface area contributed by atoms with Crippen LogP contribution in [0.3, 0.4) is 0 Å². The molecule has 0 fully saturated rings. The van der Waals surface area contributed by atoms with Gasteiger partial charge in [0.25, 0.3) is 0 Å². The molecule has 0 spiro atoms. The maximum Gasteiger partial charge on any atom is 0.119 e. The van der Waals surface area contributed by atoms with Crippen molar-refractivity contribution in [2.45, 2.75) is 13.8 Å². The molecule has 0 aliphatic heterocycles. The molecule has 0 aliphatic carbocycles. The summed E-state index contributed by atoms with van der Waals surface area (Å²) in [6.45, 7) is 4.63. The highest BCUT2D eigenvalue weighted by atomic mass is 32.1. The van der Waals surface area contributed by atoms with Gasteiger partial charge in [0.05, 0.1) is 6.61 Å². The minimum absolute atomic E-state index is 0.669. The van der Waals surface area contributed by atoms with Gasteiger partial charge >= 0.3 is 0 Å². The van der Waals surface area contributed by atoms with Crippen LogP contribution in [-0.2, 0) is 0 Å². The van der Waals surface area contributed by atoms with Gasteiger partial charge in [-0.3, -0.25) is 0 Å². The summed E-state index contributed by atoms with van der Waals surface area (Å²) in [5.41, 5.74) is 2.95. The van der Waals surface area contributed by atoms with Gasteiger partial charge in [-0.05, 0) is 56.3 Å². The van der Waals surface area contributed by atoms with Crippen molar-refractivity contribution in [1.29, 1.82) is 0 Å². The van der Waals surface area contributed by atoms with Crippen molar-refractivity contribution in [2.75, 3.05) is 17.2 Å². The minimum atomic E-state index is 0.669. The average Bonchev–Trinajstić information content (AvgIpc) is 2.50. The van der Waals surface area contributed by atoms with Gasteiger partial charge < -0.3 is 15.4 Å². The van der Waals surface area contributed by atoms with Crippen LogP contribution in [0, 0.1) is 0 Å². The average molecular weight is 312 g/mol. The van der Waals surface area contributed by atoms with Crippen molar-refractivity contribution >= 4 is 28.6 Å². The molecule has 2 aromatic rings. The van der Waals surface area contributed by atoms with E-state index in [2.05, 4.69) is 10.6 Å². The number of hydrogen-bond donors (Lipinski definition) is 2. The SMILES string of the molecule is CCOc1ccc(NC(C)=CC(=S)Nc2ccccc2)cc1. The van der Waals surface area contributed by atoms with Gasteiger partial charge in [-0.15, -0.1) is 0 Å². The molecule has 3 nitrogen and oxygen atoms in total. The van der Waals surface area contributed by atoms with E-state index in [0.29, 0.717) is 11.6 Å². The number of nitrogens with one attached hydrogen (secondary N) is 2. The summed E-state index contributed by atoms with van der Waals surface area (Å²) in [7, 11) is 0. The van der Waals surface area contributed by atoms with Crippen molar-refractivity contribution in [2.24, 2.45) is 0 Å². The first kappa shape index (κ1) is 16.0. The Hall–Kier alpha value is -2.33. The fraction of sp³-hybridized carbons (Fsp3) is 0.167. The van der Waals surface area contributed by atoms with Crippen molar-refractivity contribution in [3.8, 4) is 5.75 Å². The van der Waals surface area contributed by atoms with Crippen molar-refractivity contribution in [3.05, 3.63) is 66.4 Å². The van der Waals surface area contributed by atoms with Crippen LogP contribution in [0.15, 0.2) is 66.4 Å². The third kappa shape index (κ3) is 5.22. The number of para-hydroxylation sites is 1. The molecule has 0 radical (unpaired) electrons. The highest BCUT2D eigenvalue weighted by molar-refractivity contribution is 7.81. The number of allylic oxidation sites excluding steroid dienone is 1. The zero-order valence-electron chi connectivity index (χ0n) is 12.8. The van der Waals surface area contributed by atoms with Crippen LogP contribution in [0.1, 0.15) is 13.8 Å². The molecule has 0 saturated heterocycles. The highest BCUT2D eigenvalue weighted by Gasteiger charge is 1.98. The molecular weight excluding hydrogens is 292 g/mol. The Kier molecular flexibility index (Phi) is 5.98. The van der Waals surface area contributed by atoms with E-state index in [9.17, 15) is 0 Å². The number of rotatable bonds is 6. The third-order valence-corrected chi connectivity index (χ3v) is 3.12. The van der Waals surface area contributed by atoms with Crippen LogP contribution in [0.4, 0.5) is 11.4 Å². The quantitative estimate of drug-likeness (QED) is 0.590. The second-order valence-electron chi connectivity index (χ2n) is 4.77. The monoisotopic (exact) mass is 312 g/mol. The van der Waals surface area contributed by atoms with Gasteiger partial charge in [0.15, 0.2) is 0 Å². The van der Waals surface area contributed by atoms with Crippen molar-refractivity contribution < 1.29 is 4.74 Å². The Morgan fingerprint density at radius 1 is 1.00 bits per heavy atom. The van der Waals surface area contributed by atoms with Crippen LogP contribution >= 0.6 is 12.2 Å². The zero-order valence-corrected chi connectivity index (χ0v) is 13.6. The normalized spacial score (nSPS) is 10.9. The number of benzene rings is 2. The Morgan fingerprint density at radius 3 is 2.27 bits per heavy atom. The topological polar surface area (TPSA) is 33.3 Å². The van der Waals surface area contributed by atoms with Crippen LogP contribution in [0.25, 0.3) is 0 Å². The molecule has 2 rings (SSSR count). The Balaban J connectivity index is 1.92. The van der Waals surface area contributed by atoms with E-state index in [1.807, 2.05) is 74.5 Å². The van der Waals surface area contributed by atoms with Gasteiger partial charge in [-0.25, -0.2) is 0 Å². The van der Waals surface area contributed by atoms with Crippen LogP contribution in [0.5, 0.6) is 5.75 Å². The van der Waals surface area contributed by atoms with E-state index in [1.54, 1.807) is 0 Å². The first-order chi connectivity index (χ1) is 10.7. The molecular formula is C18H20N2OS. The molecule has 0 unspecified atom stereocenters. The summed E-state index contributed by atoms with van der Waals surface area (Å²) < 4.78 is 5.42. The van der Waals surface area contributed by atoms with Gasteiger partial charge in [0, 0.05) is 17.1 Å². The van der Waals surface area contributed by atoms with E-state index < -0.39 is 0 Å². The van der Waals surface area contributed by atoms with Crippen LogP contribution in [0.2, 0.25) is 0 Å². The molecule has 114 valence electrons. The zero-order chi connectivity index (χ0) is 15.8. The van der Waals surface area contributed by atoms with Crippen LogP contribution < -0.4 is 15.4 Å². The highest BCUT2D eigenvalue weighted by Crippen LogP contribution is 2.17. The molecule has 0 amide bonds. The Morgan fingerprint density at radius 2 is 1.64 bits per heavy atom. The largest absolute Gasteiger partial charge is 0.494 e. The Labute approximate surface area is 137 Å².